The summed E-state index contributed by atoms with van der Waals surface area (Å²) in [5.41, 5.74) is 0. The molecule has 0 radical (unpaired) electrons. The van der Waals surface area contributed by atoms with E-state index in [4.69, 9.17) is 0 Å². The van der Waals surface area contributed by atoms with Crippen molar-refractivity contribution in [1.82, 2.24) is 14.8 Å². The summed E-state index contributed by atoms with van der Waals surface area (Å²) in [6.07, 6.45) is -3.55. The van der Waals surface area contributed by atoms with Crippen molar-refractivity contribution in [2.75, 3.05) is 0 Å². The van der Waals surface area contributed by atoms with Crippen LogP contribution in [0.2, 0.25) is 0 Å². The lowest BCUT2D eigenvalue weighted by Crippen LogP contribution is -2.25. The third-order valence-electron chi connectivity index (χ3n) is 2.90. The van der Waals surface area contributed by atoms with Crippen molar-refractivity contribution in [2.45, 2.75) is 52.6 Å². The molecule has 0 saturated heterocycles. The standard InChI is InChI=1S/C11H18F3N3O/c1-7(5-8(2)18-11(12,13)14)9(3)17-6-15-10(4)16-17/h6-9H,5H2,1-4H3. The largest absolute Gasteiger partial charge is 0.522 e. The Labute approximate surface area is 104 Å². The molecule has 0 aliphatic rings. The molecule has 1 aromatic rings. The van der Waals surface area contributed by atoms with Gasteiger partial charge >= 0.3 is 6.36 Å². The molecule has 0 spiro atoms. The lowest BCUT2D eigenvalue weighted by Gasteiger charge is -2.23. The molecule has 0 saturated carbocycles. The lowest BCUT2D eigenvalue weighted by molar-refractivity contribution is -0.341. The zero-order valence-electron chi connectivity index (χ0n) is 10.9. The van der Waals surface area contributed by atoms with Gasteiger partial charge in [-0.15, -0.1) is 13.2 Å². The second-order valence-corrected chi connectivity index (χ2v) is 4.60. The number of hydrogen-bond acceptors (Lipinski definition) is 3. The second kappa shape index (κ2) is 5.69. The van der Waals surface area contributed by atoms with Gasteiger partial charge < -0.3 is 0 Å². The van der Waals surface area contributed by atoms with Crippen LogP contribution in [-0.4, -0.2) is 27.2 Å². The summed E-state index contributed by atoms with van der Waals surface area (Å²) < 4.78 is 41.7. The Balaban J connectivity index is 2.52. The second-order valence-electron chi connectivity index (χ2n) is 4.60. The molecule has 1 aromatic heterocycles. The number of ether oxygens (including phenoxy) is 1. The molecule has 0 amide bonds. The molecule has 4 nitrogen and oxygen atoms in total. The number of nitrogens with zero attached hydrogens (tertiary/aromatic N) is 3. The van der Waals surface area contributed by atoms with Gasteiger partial charge in [-0.25, -0.2) is 9.67 Å². The first-order chi connectivity index (χ1) is 8.19. The normalized spacial score (nSPS) is 17.5. The Bertz CT molecular complexity index is 378. The highest BCUT2D eigenvalue weighted by Gasteiger charge is 2.32. The molecule has 0 aromatic carbocycles. The van der Waals surface area contributed by atoms with Crippen LogP contribution in [0.15, 0.2) is 6.33 Å². The number of hydrogen-bond donors (Lipinski definition) is 0. The van der Waals surface area contributed by atoms with E-state index in [9.17, 15) is 13.2 Å². The highest BCUT2D eigenvalue weighted by atomic mass is 19.4. The summed E-state index contributed by atoms with van der Waals surface area (Å²) in [4.78, 5) is 4.00. The van der Waals surface area contributed by atoms with Crippen molar-refractivity contribution in [3.05, 3.63) is 12.2 Å². The minimum Gasteiger partial charge on any atom is -0.289 e. The highest BCUT2D eigenvalue weighted by Crippen LogP contribution is 2.26. The fourth-order valence-corrected chi connectivity index (χ4v) is 1.82. The van der Waals surface area contributed by atoms with Crippen LogP contribution in [0.25, 0.3) is 0 Å². The molecule has 1 rings (SSSR count). The van der Waals surface area contributed by atoms with Gasteiger partial charge in [-0.05, 0) is 33.1 Å². The average Bonchev–Trinajstić information content (AvgIpc) is 2.60. The summed E-state index contributed by atoms with van der Waals surface area (Å²) in [5.74, 6) is 0.650. The van der Waals surface area contributed by atoms with Crippen molar-refractivity contribution in [2.24, 2.45) is 5.92 Å². The minimum atomic E-state index is -4.58. The fourth-order valence-electron chi connectivity index (χ4n) is 1.82. The van der Waals surface area contributed by atoms with Gasteiger partial charge in [-0.2, -0.15) is 5.10 Å². The first-order valence-electron chi connectivity index (χ1n) is 5.81. The molecule has 1 heterocycles. The van der Waals surface area contributed by atoms with Crippen molar-refractivity contribution in [3.63, 3.8) is 0 Å². The topological polar surface area (TPSA) is 39.9 Å². The molecule has 104 valence electrons. The maximum absolute atomic E-state index is 12.0. The van der Waals surface area contributed by atoms with Crippen LogP contribution in [-0.2, 0) is 4.74 Å². The lowest BCUT2D eigenvalue weighted by atomic mass is 9.97. The highest BCUT2D eigenvalue weighted by molar-refractivity contribution is 4.79. The zero-order chi connectivity index (χ0) is 13.9. The zero-order valence-corrected chi connectivity index (χ0v) is 10.9. The van der Waals surface area contributed by atoms with Gasteiger partial charge in [-0.1, -0.05) is 6.92 Å². The molecule has 0 fully saturated rings. The molecule has 7 heteroatoms. The van der Waals surface area contributed by atoms with Gasteiger partial charge in [0.25, 0.3) is 0 Å². The Morgan fingerprint density at radius 1 is 1.33 bits per heavy atom. The predicted molar refractivity (Wildman–Crippen MR) is 59.9 cm³/mol. The van der Waals surface area contributed by atoms with Gasteiger partial charge in [0.05, 0.1) is 12.1 Å². The maximum atomic E-state index is 12.0. The van der Waals surface area contributed by atoms with E-state index in [0.29, 0.717) is 12.2 Å². The van der Waals surface area contributed by atoms with E-state index in [1.54, 1.807) is 17.9 Å². The molecule has 0 aliphatic heterocycles. The molecular formula is C11H18F3N3O. The smallest absolute Gasteiger partial charge is 0.289 e. The van der Waals surface area contributed by atoms with Gasteiger partial charge in [0.15, 0.2) is 0 Å². The summed E-state index contributed by atoms with van der Waals surface area (Å²) in [5, 5.41) is 4.16. The van der Waals surface area contributed by atoms with E-state index in [0.717, 1.165) is 0 Å². The first kappa shape index (κ1) is 14.9. The maximum Gasteiger partial charge on any atom is 0.522 e. The average molecular weight is 265 g/mol. The number of aryl methyl sites for hydroxylation is 1. The molecule has 0 aliphatic carbocycles. The first-order valence-corrected chi connectivity index (χ1v) is 5.81. The third-order valence-corrected chi connectivity index (χ3v) is 2.90. The van der Waals surface area contributed by atoms with Crippen LogP contribution in [0.1, 0.15) is 39.1 Å². The Kier molecular flexibility index (Phi) is 4.72. The summed E-state index contributed by atoms with van der Waals surface area (Å²) in [6.45, 7) is 6.96. The molecular weight excluding hydrogens is 247 g/mol. The van der Waals surface area contributed by atoms with Crippen LogP contribution >= 0.6 is 0 Å². The number of rotatable bonds is 5. The number of halogens is 3. The van der Waals surface area contributed by atoms with Crippen molar-refractivity contribution >= 4 is 0 Å². The minimum absolute atomic E-state index is 0.00319. The summed E-state index contributed by atoms with van der Waals surface area (Å²) >= 11 is 0. The van der Waals surface area contributed by atoms with Crippen LogP contribution in [0.5, 0.6) is 0 Å². The Morgan fingerprint density at radius 2 is 1.94 bits per heavy atom. The van der Waals surface area contributed by atoms with Crippen molar-refractivity contribution < 1.29 is 17.9 Å². The van der Waals surface area contributed by atoms with E-state index in [-0.39, 0.29) is 12.0 Å². The number of alkyl halides is 3. The molecule has 18 heavy (non-hydrogen) atoms. The van der Waals surface area contributed by atoms with E-state index >= 15 is 0 Å². The summed E-state index contributed by atoms with van der Waals surface area (Å²) in [7, 11) is 0. The van der Waals surface area contributed by atoms with E-state index in [2.05, 4.69) is 14.8 Å². The molecule has 0 N–H and O–H groups in total. The van der Waals surface area contributed by atoms with Crippen LogP contribution in [0.4, 0.5) is 13.2 Å². The molecule has 3 atom stereocenters. The Hall–Kier alpha value is -1.11. The Morgan fingerprint density at radius 3 is 2.39 bits per heavy atom. The van der Waals surface area contributed by atoms with Gasteiger partial charge in [0, 0.05) is 0 Å². The van der Waals surface area contributed by atoms with Crippen molar-refractivity contribution in [3.8, 4) is 0 Å². The summed E-state index contributed by atoms with van der Waals surface area (Å²) in [6, 6.07) is -0.0227. The predicted octanol–water partition coefficient (Wildman–Crippen LogP) is 3.10. The van der Waals surface area contributed by atoms with E-state index in [1.165, 1.54) is 6.92 Å². The van der Waals surface area contributed by atoms with Gasteiger partial charge in [0.1, 0.15) is 12.2 Å². The fraction of sp³-hybridized carbons (Fsp3) is 0.818. The van der Waals surface area contributed by atoms with Gasteiger partial charge in [-0.3, -0.25) is 4.74 Å². The van der Waals surface area contributed by atoms with Crippen molar-refractivity contribution in [1.29, 1.82) is 0 Å². The molecule has 3 unspecified atom stereocenters. The van der Waals surface area contributed by atoms with E-state index in [1.807, 2.05) is 13.8 Å². The van der Waals surface area contributed by atoms with Crippen LogP contribution in [0.3, 0.4) is 0 Å². The third kappa shape index (κ3) is 4.64. The molecule has 0 bridgehead atoms. The van der Waals surface area contributed by atoms with Gasteiger partial charge in [0.2, 0.25) is 0 Å². The van der Waals surface area contributed by atoms with Crippen LogP contribution in [0, 0.1) is 12.8 Å². The van der Waals surface area contributed by atoms with E-state index < -0.39 is 12.5 Å². The quantitative estimate of drug-likeness (QED) is 0.821. The van der Waals surface area contributed by atoms with Crippen LogP contribution < -0.4 is 0 Å². The SMILES string of the molecule is Cc1ncn(C(C)C(C)CC(C)OC(F)(F)F)n1. The number of aromatic nitrogens is 3. The monoisotopic (exact) mass is 265 g/mol.